The predicted octanol–water partition coefficient (Wildman–Crippen LogP) is 3.40. The van der Waals surface area contributed by atoms with E-state index in [0.29, 0.717) is 5.56 Å². The highest BCUT2D eigenvalue weighted by Gasteiger charge is 2.15. The molecule has 2 aromatic rings. The molecule has 3 rings (SSSR count). The van der Waals surface area contributed by atoms with Crippen LogP contribution in [0.5, 0.6) is 0 Å². The van der Waals surface area contributed by atoms with Crippen LogP contribution in [0.3, 0.4) is 0 Å². The standard InChI is InChI=1S/C17H15F2NO/c18-15-8-14(9-16(19)10-15)17(21)13-4-2-12(3-5-13)11-20-6-1-7-20/h2-5,8-10H,1,6-7,11H2. The molecule has 0 aliphatic carbocycles. The van der Waals surface area contributed by atoms with Crippen molar-refractivity contribution in [1.29, 1.82) is 0 Å². The third-order valence-corrected chi connectivity index (χ3v) is 3.70. The van der Waals surface area contributed by atoms with Crippen LogP contribution in [0.1, 0.15) is 27.9 Å². The third-order valence-electron chi connectivity index (χ3n) is 3.70. The average molecular weight is 287 g/mol. The number of likely N-dealkylation sites (tertiary alicyclic amines) is 1. The summed E-state index contributed by atoms with van der Waals surface area (Å²) in [6, 6.07) is 10.1. The van der Waals surface area contributed by atoms with E-state index < -0.39 is 11.6 Å². The molecule has 1 aliphatic heterocycles. The monoisotopic (exact) mass is 287 g/mol. The van der Waals surface area contributed by atoms with Crippen molar-refractivity contribution in [2.75, 3.05) is 13.1 Å². The van der Waals surface area contributed by atoms with Gasteiger partial charge in [-0.05, 0) is 37.2 Å². The highest BCUT2D eigenvalue weighted by molar-refractivity contribution is 6.08. The molecule has 0 aromatic heterocycles. The fourth-order valence-corrected chi connectivity index (χ4v) is 2.41. The normalized spacial score (nSPS) is 14.8. The molecule has 4 heteroatoms. The van der Waals surface area contributed by atoms with Crippen LogP contribution in [0.15, 0.2) is 42.5 Å². The van der Waals surface area contributed by atoms with Crippen molar-refractivity contribution in [2.24, 2.45) is 0 Å². The second-order valence-corrected chi connectivity index (χ2v) is 5.31. The van der Waals surface area contributed by atoms with E-state index in [1.807, 2.05) is 12.1 Å². The van der Waals surface area contributed by atoms with E-state index in [1.54, 1.807) is 12.1 Å². The summed E-state index contributed by atoms with van der Waals surface area (Å²) in [7, 11) is 0. The van der Waals surface area contributed by atoms with Gasteiger partial charge in [0.05, 0.1) is 0 Å². The number of halogens is 2. The Morgan fingerprint density at radius 3 is 2.10 bits per heavy atom. The largest absolute Gasteiger partial charge is 0.299 e. The Labute approximate surface area is 122 Å². The third kappa shape index (κ3) is 3.16. The number of benzene rings is 2. The number of hydrogen-bond donors (Lipinski definition) is 0. The summed E-state index contributed by atoms with van der Waals surface area (Å²) in [4.78, 5) is 14.5. The van der Waals surface area contributed by atoms with E-state index in [1.165, 1.54) is 6.42 Å². The van der Waals surface area contributed by atoms with Gasteiger partial charge in [0.1, 0.15) is 11.6 Å². The van der Waals surface area contributed by atoms with Gasteiger partial charge in [-0.25, -0.2) is 8.78 Å². The maximum atomic E-state index is 13.2. The maximum absolute atomic E-state index is 13.2. The zero-order valence-corrected chi connectivity index (χ0v) is 11.5. The van der Waals surface area contributed by atoms with Crippen molar-refractivity contribution in [3.05, 3.63) is 70.8 Å². The lowest BCUT2D eigenvalue weighted by molar-refractivity contribution is 0.103. The molecule has 0 amide bonds. The average Bonchev–Trinajstić information content (AvgIpc) is 2.42. The van der Waals surface area contributed by atoms with Crippen molar-refractivity contribution in [1.82, 2.24) is 4.90 Å². The van der Waals surface area contributed by atoms with Crippen molar-refractivity contribution in [3.63, 3.8) is 0 Å². The Kier molecular flexibility index (Phi) is 3.80. The molecule has 0 radical (unpaired) electrons. The maximum Gasteiger partial charge on any atom is 0.193 e. The number of ketones is 1. The van der Waals surface area contributed by atoms with Crippen molar-refractivity contribution < 1.29 is 13.6 Å². The predicted molar refractivity (Wildman–Crippen MR) is 76.1 cm³/mol. The van der Waals surface area contributed by atoms with Gasteiger partial charge in [-0.1, -0.05) is 24.3 Å². The van der Waals surface area contributed by atoms with E-state index in [-0.39, 0.29) is 11.3 Å². The molecule has 1 heterocycles. The van der Waals surface area contributed by atoms with Crippen molar-refractivity contribution >= 4 is 5.78 Å². The van der Waals surface area contributed by atoms with Crippen molar-refractivity contribution in [3.8, 4) is 0 Å². The lowest BCUT2D eigenvalue weighted by Gasteiger charge is -2.30. The molecular weight excluding hydrogens is 272 g/mol. The molecule has 0 atom stereocenters. The van der Waals surface area contributed by atoms with Gasteiger partial charge in [0, 0.05) is 23.7 Å². The topological polar surface area (TPSA) is 20.3 Å². The van der Waals surface area contributed by atoms with E-state index in [0.717, 1.165) is 43.4 Å². The Morgan fingerprint density at radius 1 is 0.952 bits per heavy atom. The smallest absolute Gasteiger partial charge is 0.193 e. The van der Waals surface area contributed by atoms with Crippen LogP contribution in [0, 0.1) is 11.6 Å². The molecule has 2 aromatic carbocycles. The van der Waals surface area contributed by atoms with Gasteiger partial charge >= 0.3 is 0 Å². The summed E-state index contributed by atoms with van der Waals surface area (Å²) in [6.45, 7) is 3.11. The number of hydrogen-bond acceptors (Lipinski definition) is 2. The summed E-state index contributed by atoms with van der Waals surface area (Å²) >= 11 is 0. The zero-order chi connectivity index (χ0) is 14.8. The minimum Gasteiger partial charge on any atom is -0.299 e. The van der Waals surface area contributed by atoms with Gasteiger partial charge in [-0.3, -0.25) is 9.69 Å². The van der Waals surface area contributed by atoms with E-state index in [4.69, 9.17) is 0 Å². The Hall–Kier alpha value is -2.07. The highest BCUT2D eigenvalue weighted by Crippen LogP contribution is 2.16. The van der Waals surface area contributed by atoms with Gasteiger partial charge in [0.2, 0.25) is 0 Å². The minimum atomic E-state index is -0.743. The summed E-state index contributed by atoms with van der Waals surface area (Å²) in [5.74, 6) is -1.86. The molecule has 1 saturated heterocycles. The van der Waals surface area contributed by atoms with Gasteiger partial charge in [-0.2, -0.15) is 0 Å². The fourth-order valence-electron chi connectivity index (χ4n) is 2.41. The van der Waals surface area contributed by atoms with Crippen LogP contribution < -0.4 is 0 Å². The lowest BCUT2D eigenvalue weighted by atomic mass is 10.0. The Morgan fingerprint density at radius 2 is 1.57 bits per heavy atom. The number of carbonyl (C=O) groups excluding carboxylic acids is 1. The second kappa shape index (κ2) is 5.74. The van der Waals surface area contributed by atoms with Gasteiger partial charge in [0.25, 0.3) is 0 Å². The van der Waals surface area contributed by atoms with Crippen LogP contribution in [0.25, 0.3) is 0 Å². The first kappa shape index (κ1) is 13.9. The Balaban J connectivity index is 1.77. The van der Waals surface area contributed by atoms with Crippen LogP contribution >= 0.6 is 0 Å². The molecular formula is C17H15F2NO. The van der Waals surface area contributed by atoms with Gasteiger partial charge in [0.15, 0.2) is 5.78 Å². The number of nitrogens with zero attached hydrogens (tertiary/aromatic N) is 1. The Bertz CT molecular complexity index is 643. The molecule has 108 valence electrons. The summed E-state index contributed by atoms with van der Waals surface area (Å²) in [5.41, 5.74) is 1.60. The fraction of sp³-hybridized carbons (Fsp3) is 0.235. The van der Waals surface area contributed by atoms with Crippen LogP contribution in [0.4, 0.5) is 8.78 Å². The first-order valence-electron chi connectivity index (χ1n) is 6.94. The van der Waals surface area contributed by atoms with Crippen LogP contribution in [-0.4, -0.2) is 23.8 Å². The molecule has 0 bridgehead atoms. The van der Waals surface area contributed by atoms with Crippen LogP contribution in [-0.2, 0) is 6.54 Å². The van der Waals surface area contributed by atoms with E-state index >= 15 is 0 Å². The molecule has 2 nitrogen and oxygen atoms in total. The molecule has 0 saturated carbocycles. The molecule has 1 aliphatic rings. The summed E-state index contributed by atoms with van der Waals surface area (Å²) < 4.78 is 26.3. The van der Waals surface area contributed by atoms with Gasteiger partial charge in [-0.15, -0.1) is 0 Å². The summed E-state index contributed by atoms with van der Waals surface area (Å²) in [5, 5.41) is 0. The minimum absolute atomic E-state index is 0.0305. The van der Waals surface area contributed by atoms with E-state index in [2.05, 4.69) is 4.90 Å². The number of rotatable bonds is 4. The highest BCUT2D eigenvalue weighted by atomic mass is 19.1. The first-order valence-corrected chi connectivity index (χ1v) is 6.94. The number of carbonyl (C=O) groups is 1. The van der Waals surface area contributed by atoms with Gasteiger partial charge < -0.3 is 0 Å². The second-order valence-electron chi connectivity index (χ2n) is 5.31. The molecule has 0 N–H and O–H groups in total. The molecule has 0 unspecified atom stereocenters. The molecule has 21 heavy (non-hydrogen) atoms. The first-order chi connectivity index (χ1) is 10.1. The zero-order valence-electron chi connectivity index (χ0n) is 11.5. The van der Waals surface area contributed by atoms with E-state index in [9.17, 15) is 13.6 Å². The summed E-state index contributed by atoms with van der Waals surface area (Å²) in [6.07, 6.45) is 1.24. The quantitative estimate of drug-likeness (QED) is 0.803. The lowest BCUT2D eigenvalue weighted by Crippen LogP contribution is -2.36. The SMILES string of the molecule is O=C(c1ccc(CN2CCC2)cc1)c1cc(F)cc(F)c1. The molecule has 0 spiro atoms. The van der Waals surface area contributed by atoms with Crippen molar-refractivity contribution in [2.45, 2.75) is 13.0 Å². The molecule has 1 fully saturated rings. The van der Waals surface area contributed by atoms with Crippen LogP contribution in [0.2, 0.25) is 0 Å².